The average Bonchev–Trinajstić information content (AvgIpc) is 3.09. The SMILES string of the molecule is CCn1nc(C)c(CN2CCOC(c3cc(C(=O)NCCO)c4ccccc4n3)C2)c1C. The van der Waals surface area contributed by atoms with Crippen LogP contribution in [0.25, 0.3) is 10.9 Å². The molecule has 8 heteroatoms. The van der Waals surface area contributed by atoms with E-state index in [4.69, 9.17) is 14.8 Å². The maximum Gasteiger partial charge on any atom is 0.252 e. The monoisotopic (exact) mass is 437 g/mol. The number of nitrogens with one attached hydrogen (secondary N) is 1. The van der Waals surface area contributed by atoms with Crippen molar-refractivity contribution in [3.63, 3.8) is 0 Å². The van der Waals surface area contributed by atoms with Crippen LogP contribution in [0, 0.1) is 13.8 Å². The molecule has 0 radical (unpaired) electrons. The van der Waals surface area contributed by atoms with Crippen LogP contribution in [-0.4, -0.2) is 63.5 Å². The molecule has 0 saturated carbocycles. The summed E-state index contributed by atoms with van der Waals surface area (Å²) in [6.45, 7) is 10.2. The second-order valence-electron chi connectivity index (χ2n) is 8.15. The van der Waals surface area contributed by atoms with Crippen LogP contribution in [0.4, 0.5) is 0 Å². The Morgan fingerprint density at radius 1 is 1.31 bits per heavy atom. The lowest BCUT2D eigenvalue weighted by Crippen LogP contribution is -2.38. The molecular weight excluding hydrogens is 406 g/mol. The zero-order valence-corrected chi connectivity index (χ0v) is 19.0. The largest absolute Gasteiger partial charge is 0.395 e. The van der Waals surface area contributed by atoms with Crippen molar-refractivity contribution >= 4 is 16.8 Å². The number of para-hydroxylation sites is 1. The number of hydrogen-bond donors (Lipinski definition) is 2. The fourth-order valence-electron chi connectivity index (χ4n) is 4.33. The Kier molecular flexibility index (Phi) is 6.83. The summed E-state index contributed by atoms with van der Waals surface area (Å²) >= 11 is 0. The molecule has 0 spiro atoms. The molecule has 32 heavy (non-hydrogen) atoms. The van der Waals surface area contributed by atoms with E-state index in [2.05, 4.69) is 36.1 Å². The first-order chi connectivity index (χ1) is 15.5. The number of aryl methyl sites for hydroxylation is 2. The predicted molar refractivity (Wildman–Crippen MR) is 123 cm³/mol. The van der Waals surface area contributed by atoms with Crippen molar-refractivity contribution in [3.05, 3.63) is 58.5 Å². The van der Waals surface area contributed by atoms with Gasteiger partial charge < -0.3 is 15.2 Å². The second-order valence-corrected chi connectivity index (χ2v) is 8.15. The molecule has 1 fully saturated rings. The molecule has 3 aromatic rings. The number of ether oxygens (including phenoxy) is 1. The number of fused-ring (bicyclic) bond motifs is 1. The van der Waals surface area contributed by atoms with Crippen molar-refractivity contribution in [3.8, 4) is 0 Å². The van der Waals surface area contributed by atoms with Gasteiger partial charge in [-0.3, -0.25) is 14.4 Å². The van der Waals surface area contributed by atoms with E-state index in [9.17, 15) is 4.79 Å². The normalized spacial score (nSPS) is 17.1. The number of aliphatic hydroxyl groups is 1. The molecule has 1 aliphatic rings. The summed E-state index contributed by atoms with van der Waals surface area (Å²) in [5, 5.41) is 17.3. The Labute approximate surface area is 188 Å². The van der Waals surface area contributed by atoms with E-state index in [-0.39, 0.29) is 25.2 Å². The Bertz CT molecular complexity index is 1110. The van der Waals surface area contributed by atoms with Crippen LogP contribution < -0.4 is 5.32 Å². The first-order valence-electron chi connectivity index (χ1n) is 11.2. The van der Waals surface area contributed by atoms with E-state index in [0.29, 0.717) is 18.7 Å². The van der Waals surface area contributed by atoms with E-state index < -0.39 is 0 Å². The minimum Gasteiger partial charge on any atom is -0.395 e. The molecule has 1 atom stereocenters. The zero-order chi connectivity index (χ0) is 22.7. The smallest absolute Gasteiger partial charge is 0.252 e. The van der Waals surface area contributed by atoms with Gasteiger partial charge in [-0.25, -0.2) is 4.98 Å². The molecule has 3 heterocycles. The van der Waals surface area contributed by atoms with Crippen molar-refractivity contribution < 1.29 is 14.6 Å². The summed E-state index contributed by atoms with van der Waals surface area (Å²) in [7, 11) is 0. The maximum atomic E-state index is 12.8. The Morgan fingerprint density at radius 2 is 2.12 bits per heavy atom. The van der Waals surface area contributed by atoms with Gasteiger partial charge in [0.2, 0.25) is 0 Å². The molecule has 0 aliphatic carbocycles. The van der Waals surface area contributed by atoms with Gasteiger partial charge in [0, 0.05) is 49.4 Å². The third-order valence-electron chi connectivity index (χ3n) is 6.07. The Hall–Kier alpha value is -2.81. The maximum absolute atomic E-state index is 12.8. The van der Waals surface area contributed by atoms with Gasteiger partial charge in [-0.2, -0.15) is 5.10 Å². The topological polar surface area (TPSA) is 92.5 Å². The molecule has 1 unspecified atom stereocenters. The number of benzene rings is 1. The third-order valence-corrected chi connectivity index (χ3v) is 6.07. The van der Waals surface area contributed by atoms with Crippen LogP contribution >= 0.6 is 0 Å². The number of carbonyl (C=O) groups excluding carboxylic acids is 1. The molecule has 1 amide bonds. The fourth-order valence-corrected chi connectivity index (χ4v) is 4.33. The van der Waals surface area contributed by atoms with Crippen molar-refractivity contribution in [2.75, 3.05) is 32.8 Å². The summed E-state index contributed by atoms with van der Waals surface area (Å²) in [5.41, 5.74) is 5.61. The molecule has 1 aromatic carbocycles. The molecule has 1 aliphatic heterocycles. The van der Waals surface area contributed by atoms with Crippen molar-refractivity contribution in [2.24, 2.45) is 0 Å². The number of amides is 1. The van der Waals surface area contributed by atoms with E-state index in [1.165, 1.54) is 11.3 Å². The van der Waals surface area contributed by atoms with E-state index in [1.807, 2.05) is 35.0 Å². The lowest BCUT2D eigenvalue weighted by atomic mass is 10.0. The second kappa shape index (κ2) is 9.77. The van der Waals surface area contributed by atoms with Gasteiger partial charge in [0.25, 0.3) is 5.91 Å². The van der Waals surface area contributed by atoms with Crippen molar-refractivity contribution in [1.82, 2.24) is 25.0 Å². The van der Waals surface area contributed by atoms with Crippen LogP contribution in [0.3, 0.4) is 0 Å². The lowest BCUT2D eigenvalue weighted by molar-refractivity contribution is -0.0349. The van der Waals surface area contributed by atoms with Crippen LogP contribution in [0.1, 0.15) is 46.0 Å². The lowest BCUT2D eigenvalue weighted by Gasteiger charge is -2.33. The minimum absolute atomic E-state index is 0.101. The summed E-state index contributed by atoms with van der Waals surface area (Å²) in [4.78, 5) is 19.9. The number of morpholine rings is 1. The molecule has 170 valence electrons. The molecule has 0 bridgehead atoms. The Balaban J connectivity index is 1.60. The zero-order valence-electron chi connectivity index (χ0n) is 19.0. The first kappa shape index (κ1) is 22.4. The van der Waals surface area contributed by atoms with Gasteiger partial charge in [0.15, 0.2) is 0 Å². The fraction of sp³-hybridized carbons (Fsp3) is 0.458. The predicted octanol–water partition coefficient (Wildman–Crippen LogP) is 2.36. The van der Waals surface area contributed by atoms with Gasteiger partial charge in [0.1, 0.15) is 6.10 Å². The standard InChI is InChI=1S/C24H31N5O3/c1-4-29-17(3)20(16(2)27-29)14-28-10-12-32-23(15-28)22-13-19(24(31)25-9-11-30)18-7-5-6-8-21(18)26-22/h5-8,13,23,30H,4,9-12,14-15H2,1-3H3,(H,25,31). The average molecular weight is 438 g/mol. The number of carbonyl (C=O) groups is 1. The minimum atomic E-state index is -0.223. The number of aromatic nitrogens is 3. The highest BCUT2D eigenvalue weighted by molar-refractivity contribution is 6.06. The highest BCUT2D eigenvalue weighted by Gasteiger charge is 2.26. The molecule has 2 N–H and O–H groups in total. The molecular formula is C24H31N5O3. The van der Waals surface area contributed by atoms with Crippen molar-refractivity contribution in [1.29, 1.82) is 0 Å². The van der Waals surface area contributed by atoms with E-state index in [0.717, 1.165) is 41.9 Å². The third kappa shape index (κ3) is 4.53. The molecule has 4 rings (SSSR count). The molecule has 8 nitrogen and oxygen atoms in total. The molecule has 1 saturated heterocycles. The number of rotatable bonds is 7. The van der Waals surface area contributed by atoms with Crippen LogP contribution in [0.2, 0.25) is 0 Å². The van der Waals surface area contributed by atoms with Gasteiger partial charge in [0.05, 0.1) is 35.7 Å². The van der Waals surface area contributed by atoms with Crippen molar-refractivity contribution in [2.45, 2.75) is 40.0 Å². The number of pyridine rings is 1. The van der Waals surface area contributed by atoms with Crippen LogP contribution in [0.5, 0.6) is 0 Å². The number of nitrogens with zero attached hydrogens (tertiary/aromatic N) is 4. The highest BCUT2D eigenvalue weighted by Crippen LogP contribution is 2.27. The van der Waals surface area contributed by atoms with Crippen LogP contribution in [-0.2, 0) is 17.8 Å². The summed E-state index contributed by atoms with van der Waals surface area (Å²) in [6.07, 6.45) is -0.223. The highest BCUT2D eigenvalue weighted by atomic mass is 16.5. The summed E-state index contributed by atoms with van der Waals surface area (Å²) in [6, 6.07) is 9.44. The van der Waals surface area contributed by atoms with Gasteiger partial charge in [-0.15, -0.1) is 0 Å². The van der Waals surface area contributed by atoms with Gasteiger partial charge in [-0.1, -0.05) is 18.2 Å². The first-order valence-corrected chi connectivity index (χ1v) is 11.2. The van der Waals surface area contributed by atoms with Crippen LogP contribution in [0.15, 0.2) is 30.3 Å². The molecule has 2 aromatic heterocycles. The Morgan fingerprint density at radius 3 is 2.88 bits per heavy atom. The summed E-state index contributed by atoms with van der Waals surface area (Å²) < 4.78 is 8.13. The van der Waals surface area contributed by atoms with E-state index in [1.54, 1.807) is 0 Å². The van der Waals surface area contributed by atoms with E-state index >= 15 is 0 Å². The summed E-state index contributed by atoms with van der Waals surface area (Å²) in [5.74, 6) is -0.218. The number of aliphatic hydroxyl groups excluding tert-OH is 1. The van der Waals surface area contributed by atoms with Gasteiger partial charge >= 0.3 is 0 Å². The van der Waals surface area contributed by atoms with Gasteiger partial charge in [-0.05, 0) is 32.9 Å². The quantitative estimate of drug-likeness (QED) is 0.590. The number of hydrogen-bond acceptors (Lipinski definition) is 6.